The minimum Gasteiger partial charge on any atom is -0.389 e. The van der Waals surface area contributed by atoms with Gasteiger partial charge in [0.25, 0.3) is 0 Å². The number of thioether (sulfide) groups is 1. The van der Waals surface area contributed by atoms with Gasteiger partial charge in [0.1, 0.15) is 4.99 Å². The van der Waals surface area contributed by atoms with Gasteiger partial charge in [-0.1, -0.05) is 26.1 Å². The molecule has 19 heavy (non-hydrogen) atoms. The number of benzene rings is 1. The zero-order valence-corrected chi connectivity index (χ0v) is 12.5. The van der Waals surface area contributed by atoms with E-state index in [1.807, 2.05) is 16.7 Å². The SMILES string of the molecule is CC1CN(c2ccc(C(N)=S)c(F)c2F)CC(C)S1. The van der Waals surface area contributed by atoms with Gasteiger partial charge in [-0.25, -0.2) is 8.78 Å². The average molecular weight is 302 g/mol. The van der Waals surface area contributed by atoms with Crippen molar-refractivity contribution in [1.29, 1.82) is 0 Å². The molecule has 0 aliphatic carbocycles. The molecule has 1 fully saturated rings. The zero-order chi connectivity index (χ0) is 14.2. The Labute approximate surface area is 121 Å². The lowest BCUT2D eigenvalue weighted by molar-refractivity contribution is 0.503. The molecule has 1 aliphatic heterocycles. The molecular formula is C13H16F2N2S2. The molecule has 6 heteroatoms. The summed E-state index contributed by atoms with van der Waals surface area (Å²) in [6, 6.07) is 3.01. The minimum absolute atomic E-state index is 0.0382. The summed E-state index contributed by atoms with van der Waals surface area (Å²) < 4.78 is 28.0. The van der Waals surface area contributed by atoms with E-state index in [-0.39, 0.29) is 16.2 Å². The maximum Gasteiger partial charge on any atom is 0.182 e. The number of nitrogens with zero attached hydrogens (tertiary/aromatic N) is 1. The van der Waals surface area contributed by atoms with Crippen molar-refractivity contribution in [3.63, 3.8) is 0 Å². The summed E-state index contributed by atoms with van der Waals surface area (Å²) in [4.78, 5) is 1.76. The molecule has 104 valence electrons. The number of halogens is 2. The molecule has 1 heterocycles. The Hall–Kier alpha value is -0.880. The lowest BCUT2D eigenvalue weighted by atomic mass is 10.1. The van der Waals surface area contributed by atoms with Crippen molar-refractivity contribution in [2.75, 3.05) is 18.0 Å². The number of anilines is 1. The summed E-state index contributed by atoms with van der Waals surface area (Å²) in [5, 5.41) is 0.781. The third-order valence-electron chi connectivity index (χ3n) is 3.09. The highest BCUT2D eigenvalue weighted by Crippen LogP contribution is 2.31. The van der Waals surface area contributed by atoms with Gasteiger partial charge in [0, 0.05) is 29.2 Å². The second-order valence-corrected chi connectivity index (χ2v) is 7.11. The molecule has 0 radical (unpaired) electrons. The Morgan fingerprint density at radius 2 is 1.84 bits per heavy atom. The molecule has 1 saturated heterocycles. The van der Waals surface area contributed by atoms with Gasteiger partial charge in [0.05, 0.1) is 5.69 Å². The molecule has 0 bridgehead atoms. The van der Waals surface area contributed by atoms with Gasteiger partial charge in [-0.05, 0) is 12.1 Å². The molecule has 2 N–H and O–H groups in total. The third kappa shape index (κ3) is 3.00. The Balaban J connectivity index is 2.35. The van der Waals surface area contributed by atoms with Crippen LogP contribution in [0, 0.1) is 11.6 Å². The predicted octanol–water partition coefficient (Wildman–Crippen LogP) is 2.93. The first kappa shape index (κ1) is 14.5. The highest BCUT2D eigenvalue weighted by molar-refractivity contribution is 8.00. The topological polar surface area (TPSA) is 29.3 Å². The number of thiocarbonyl (C=S) groups is 1. The molecule has 2 nitrogen and oxygen atoms in total. The number of hydrogen-bond donors (Lipinski definition) is 1. The van der Waals surface area contributed by atoms with Gasteiger partial charge in [0.15, 0.2) is 11.6 Å². The molecule has 0 saturated carbocycles. The predicted molar refractivity (Wildman–Crippen MR) is 81.0 cm³/mol. The second kappa shape index (κ2) is 5.63. The summed E-state index contributed by atoms with van der Waals surface area (Å²) >= 11 is 6.56. The Morgan fingerprint density at radius 1 is 1.26 bits per heavy atom. The minimum atomic E-state index is -0.955. The first-order chi connectivity index (χ1) is 8.90. The maximum absolute atomic E-state index is 14.1. The Morgan fingerprint density at radius 3 is 2.37 bits per heavy atom. The van der Waals surface area contributed by atoms with Crippen molar-refractivity contribution < 1.29 is 8.78 Å². The summed E-state index contributed by atoms with van der Waals surface area (Å²) in [6.07, 6.45) is 0. The Kier molecular flexibility index (Phi) is 4.30. The lowest BCUT2D eigenvalue weighted by Gasteiger charge is -2.36. The van der Waals surface area contributed by atoms with Gasteiger partial charge in [-0.3, -0.25) is 0 Å². The summed E-state index contributed by atoms with van der Waals surface area (Å²) in [7, 11) is 0. The number of hydrogen-bond acceptors (Lipinski definition) is 3. The second-order valence-electron chi connectivity index (χ2n) is 4.79. The smallest absolute Gasteiger partial charge is 0.182 e. The molecule has 0 amide bonds. The van der Waals surface area contributed by atoms with E-state index in [0.29, 0.717) is 23.6 Å². The van der Waals surface area contributed by atoms with Gasteiger partial charge in [0.2, 0.25) is 0 Å². The molecule has 1 aromatic carbocycles. The number of rotatable bonds is 2. The first-order valence-electron chi connectivity index (χ1n) is 6.08. The third-order valence-corrected chi connectivity index (χ3v) is 4.53. The monoisotopic (exact) mass is 302 g/mol. The molecular weight excluding hydrogens is 286 g/mol. The fourth-order valence-electron chi connectivity index (χ4n) is 2.35. The molecule has 0 aromatic heterocycles. The summed E-state index contributed by atoms with van der Waals surface area (Å²) in [5.74, 6) is -1.82. The van der Waals surface area contributed by atoms with Crippen LogP contribution in [0.15, 0.2) is 12.1 Å². The largest absolute Gasteiger partial charge is 0.389 e. The summed E-state index contributed by atoms with van der Waals surface area (Å²) in [5.41, 5.74) is 5.61. The van der Waals surface area contributed by atoms with Gasteiger partial charge < -0.3 is 10.6 Å². The molecule has 2 atom stereocenters. The van der Waals surface area contributed by atoms with E-state index in [9.17, 15) is 8.78 Å². The van der Waals surface area contributed by atoms with Crippen LogP contribution in [-0.4, -0.2) is 28.6 Å². The van der Waals surface area contributed by atoms with Crippen molar-refractivity contribution in [2.24, 2.45) is 5.73 Å². The van der Waals surface area contributed by atoms with E-state index >= 15 is 0 Å². The fourth-order valence-corrected chi connectivity index (χ4v) is 3.83. The van der Waals surface area contributed by atoms with Crippen LogP contribution in [-0.2, 0) is 0 Å². The van der Waals surface area contributed by atoms with Crippen LogP contribution < -0.4 is 10.6 Å². The standard InChI is InChI=1S/C13H16F2N2S2/c1-7-5-17(6-8(2)19-7)10-4-3-9(13(16)18)11(14)12(10)15/h3-4,7-8H,5-6H2,1-2H3,(H2,16,18). The molecule has 2 unspecified atom stereocenters. The molecule has 1 aromatic rings. The van der Waals surface area contributed by atoms with Crippen LogP contribution in [0.25, 0.3) is 0 Å². The van der Waals surface area contributed by atoms with Crippen LogP contribution in [0.3, 0.4) is 0 Å². The van der Waals surface area contributed by atoms with Gasteiger partial charge in [-0.2, -0.15) is 11.8 Å². The van der Waals surface area contributed by atoms with Crippen molar-refractivity contribution >= 4 is 34.7 Å². The molecule has 0 spiro atoms. The molecule has 2 rings (SSSR count). The normalized spacial score (nSPS) is 23.5. The van der Waals surface area contributed by atoms with Crippen LogP contribution >= 0.6 is 24.0 Å². The van der Waals surface area contributed by atoms with Crippen LogP contribution in [0.2, 0.25) is 0 Å². The van der Waals surface area contributed by atoms with E-state index in [1.165, 1.54) is 6.07 Å². The number of nitrogens with two attached hydrogens (primary N) is 1. The van der Waals surface area contributed by atoms with Crippen molar-refractivity contribution in [1.82, 2.24) is 0 Å². The van der Waals surface area contributed by atoms with Crippen LogP contribution in [0.1, 0.15) is 19.4 Å². The highest BCUT2D eigenvalue weighted by Gasteiger charge is 2.26. The Bertz CT molecular complexity index is 498. The first-order valence-corrected chi connectivity index (χ1v) is 7.43. The zero-order valence-electron chi connectivity index (χ0n) is 10.8. The van der Waals surface area contributed by atoms with E-state index in [0.717, 1.165) is 0 Å². The van der Waals surface area contributed by atoms with Crippen LogP contribution in [0.4, 0.5) is 14.5 Å². The van der Waals surface area contributed by atoms with Gasteiger partial charge in [-0.15, -0.1) is 0 Å². The molecule has 1 aliphatic rings. The van der Waals surface area contributed by atoms with E-state index in [2.05, 4.69) is 13.8 Å². The quantitative estimate of drug-likeness (QED) is 0.851. The van der Waals surface area contributed by atoms with Crippen molar-refractivity contribution in [3.8, 4) is 0 Å². The van der Waals surface area contributed by atoms with Gasteiger partial charge >= 0.3 is 0 Å². The van der Waals surface area contributed by atoms with E-state index in [4.69, 9.17) is 18.0 Å². The highest BCUT2D eigenvalue weighted by atomic mass is 32.2. The fraction of sp³-hybridized carbons (Fsp3) is 0.462. The van der Waals surface area contributed by atoms with E-state index < -0.39 is 11.6 Å². The van der Waals surface area contributed by atoms with E-state index in [1.54, 1.807) is 6.07 Å². The van der Waals surface area contributed by atoms with Crippen molar-refractivity contribution in [2.45, 2.75) is 24.3 Å². The summed E-state index contributed by atoms with van der Waals surface area (Å²) in [6.45, 7) is 5.59. The van der Waals surface area contributed by atoms with Crippen molar-refractivity contribution in [3.05, 3.63) is 29.3 Å². The average Bonchev–Trinajstić information content (AvgIpc) is 2.30. The maximum atomic E-state index is 14.1. The van der Waals surface area contributed by atoms with Crippen LogP contribution in [0.5, 0.6) is 0 Å². The lowest BCUT2D eigenvalue weighted by Crippen LogP contribution is -2.41.